The Morgan fingerprint density at radius 1 is 1.27 bits per heavy atom. The Bertz CT molecular complexity index is 699. The van der Waals surface area contributed by atoms with Gasteiger partial charge in [0.2, 0.25) is 0 Å². The molecule has 0 spiro atoms. The van der Waals surface area contributed by atoms with Crippen molar-refractivity contribution in [3.8, 4) is 5.75 Å². The number of piperidine rings is 1. The lowest BCUT2D eigenvalue weighted by atomic mass is 10.1. The zero-order valence-electron chi connectivity index (χ0n) is 14.2. The first kappa shape index (κ1) is 20.0. The minimum absolute atomic E-state index is 0.741. The summed E-state index contributed by atoms with van der Waals surface area (Å²) in [4.78, 5) is 15.7. The van der Waals surface area contributed by atoms with Crippen LogP contribution in [0.25, 0.3) is 5.65 Å². The van der Waals surface area contributed by atoms with Crippen LogP contribution in [0.15, 0.2) is 24.7 Å². The molecule has 3 heterocycles. The summed E-state index contributed by atoms with van der Waals surface area (Å²) in [6.45, 7) is 4.38. The summed E-state index contributed by atoms with van der Waals surface area (Å²) in [5, 5.41) is 11.3. The average molecular weight is 374 g/mol. The van der Waals surface area contributed by atoms with Gasteiger partial charge in [0.25, 0.3) is 0 Å². The normalized spacial score (nSPS) is 15.3. The number of alkyl halides is 3. The highest BCUT2D eigenvalue weighted by Gasteiger charge is 2.38. The van der Waals surface area contributed by atoms with E-state index >= 15 is 0 Å². The van der Waals surface area contributed by atoms with Gasteiger partial charge in [-0.15, -0.1) is 0 Å². The number of aliphatic carboxylic acids is 1. The van der Waals surface area contributed by atoms with Gasteiger partial charge in [-0.1, -0.05) is 6.42 Å². The van der Waals surface area contributed by atoms with E-state index in [1.54, 1.807) is 16.9 Å². The highest BCUT2D eigenvalue weighted by atomic mass is 19.4. The maximum Gasteiger partial charge on any atom is 0.490 e. The number of likely N-dealkylation sites (tertiary alicyclic amines) is 1. The topological polar surface area (TPSA) is 80.0 Å². The number of nitrogens with zero attached hydrogens (tertiary/aromatic N) is 4. The molecule has 1 N–H and O–H groups in total. The van der Waals surface area contributed by atoms with E-state index in [1.807, 2.05) is 12.3 Å². The summed E-state index contributed by atoms with van der Waals surface area (Å²) in [5.41, 5.74) is 0.848. The molecule has 2 aromatic rings. The standard InChI is InChI=1S/C14H20N4O.C2HF3O2/c1-2-7-17(8-3-1)9-4-10-19-13-11-15-14-5-6-16-18(14)12-13;3-2(4,5)1(6)7/h5-6,11-12H,1-4,7-10H2;(H,6,7). The maximum absolute atomic E-state index is 10.6. The Hall–Kier alpha value is -2.36. The van der Waals surface area contributed by atoms with Crippen molar-refractivity contribution < 1.29 is 27.8 Å². The molecule has 2 aromatic heterocycles. The molecule has 26 heavy (non-hydrogen) atoms. The predicted octanol–water partition coefficient (Wildman–Crippen LogP) is 2.62. The number of ether oxygens (including phenoxy) is 1. The quantitative estimate of drug-likeness (QED) is 0.811. The Labute approximate surface area is 148 Å². The molecule has 1 aliphatic heterocycles. The fourth-order valence-corrected chi connectivity index (χ4v) is 2.53. The summed E-state index contributed by atoms with van der Waals surface area (Å²) in [6.07, 6.45) is 5.45. The Morgan fingerprint density at radius 3 is 2.62 bits per heavy atom. The third kappa shape index (κ3) is 6.51. The van der Waals surface area contributed by atoms with Crippen molar-refractivity contribution in [3.63, 3.8) is 0 Å². The van der Waals surface area contributed by atoms with E-state index in [-0.39, 0.29) is 0 Å². The lowest BCUT2D eigenvalue weighted by Crippen LogP contribution is -2.31. The largest absolute Gasteiger partial charge is 0.490 e. The van der Waals surface area contributed by atoms with E-state index in [0.717, 1.165) is 31.0 Å². The van der Waals surface area contributed by atoms with E-state index in [9.17, 15) is 13.2 Å². The molecule has 0 aromatic carbocycles. The molecule has 10 heteroatoms. The van der Waals surface area contributed by atoms with E-state index in [2.05, 4.69) is 15.0 Å². The van der Waals surface area contributed by atoms with E-state index < -0.39 is 12.1 Å². The highest BCUT2D eigenvalue weighted by Crippen LogP contribution is 2.13. The zero-order chi connectivity index (χ0) is 19.0. The molecule has 0 saturated carbocycles. The average Bonchev–Trinajstić information content (AvgIpc) is 3.07. The van der Waals surface area contributed by atoms with Crippen LogP contribution in [0, 0.1) is 0 Å². The number of aromatic nitrogens is 3. The summed E-state index contributed by atoms with van der Waals surface area (Å²) in [5.74, 6) is -1.97. The van der Waals surface area contributed by atoms with Gasteiger partial charge in [0.15, 0.2) is 11.4 Å². The fourth-order valence-electron chi connectivity index (χ4n) is 2.53. The number of hydrogen-bond donors (Lipinski definition) is 1. The first-order valence-corrected chi connectivity index (χ1v) is 8.31. The van der Waals surface area contributed by atoms with Crippen molar-refractivity contribution >= 4 is 11.6 Å². The summed E-state index contributed by atoms with van der Waals surface area (Å²) in [7, 11) is 0. The van der Waals surface area contributed by atoms with Gasteiger partial charge in [-0.3, -0.25) is 0 Å². The van der Waals surface area contributed by atoms with Gasteiger partial charge in [0.1, 0.15) is 0 Å². The van der Waals surface area contributed by atoms with Gasteiger partial charge in [0, 0.05) is 12.6 Å². The molecule has 0 atom stereocenters. The molecule has 0 amide bonds. The third-order valence-electron chi connectivity index (χ3n) is 3.80. The minimum atomic E-state index is -5.08. The van der Waals surface area contributed by atoms with Crippen LogP contribution >= 0.6 is 0 Å². The van der Waals surface area contributed by atoms with Crippen LogP contribution in [-0.4, -0.2) is 63.0 Å². The van der Waals surface area contributed by atoms with Crippen molar-refractivity contribution in [2.24, 2.45) is 0 Å². The van der Waals surface area contributed by atoms with Gasteiger partial charge in [-0.05, 0) is 32.4 Å². The van der Waals surface area contributed by atoms with Crippen LogP contribution in [0.1, 0.15) is 25.7 Å². The second-order valence-corrected chi connectivity index (χ2v) is 5.83. The van der Waals surface area contributed by atoms with Crippen molar-refractivity contribution in [1.82, 2.24) is 19.5 Å². The summed E-state index contributed by atoms with van der Waals surface area (Å²) < 4.78 is 39.2. The van der Waals surface area contributed by atoms with Crippen LogP contribution in [0.2, 0.25) is 0 Å². The van der Waals surface area contributed by atoms with Crippen LogP contribution in [-0.2, 0) is 4.79 Å². The second-order valence-electron chi connectivity index (χ2n) is 5.83. The fraction of sp³-hybridized carbons (Fsp3) is 0.562. The molecular formula is C16H21F3N4O3. The molecule has 1 aliphatic rings. The maximum atomic E-state index is 10.6. The minimum Gasteiger partial charge on any atom is -0.490 e. The molecule has 144 valence electrons. The van der Waals surface area contributed by atoms with Crippen molar-refractivity contribution in [2.45, 2.75) is 31.9 Å². The van der Waals surface area contributed by atoms with Crippen LogP contribution < -0.4 is 4.74 Å². The zero-order valence-corrected chi connectivity index (χ0v) is 14.2. The molecular weight excluding hydrogens is 353 g/mol. The van der Waals surface area contributed by atoms with Crippen molar-refractivity contribution in [1.29, 1.82) is 0 Å². The highest BCUT2D eigenvalue weighted by molar-refractivity contribution is 5.73. The lowest BCUT2D eigenvalue weighted by Gasteiger charge is -2.26. The second kappa shape index (κ2) is 9.37. The Kier molecular flexibility index (Phi) is 7.19. The third-order valence-corrected chi connectivity index (χ3v) is 3.80. The number of hydrogen-bond acceptors (Lipinski definition) is 5. The van der Waals surface area contributed by atoms with Crippen molar-refractivity contribution in [3.05, 3.63) is 24.7 Å². The van der Waals surface area contributed by atoms with Crippen LogP contribution in [0.5, 0.6) is 5.75 Å². The van der Waals surface area contributed by atoms with Gasteiger partial charge in [-0.2, -0.15) is 18.3 Å². The molecule has 0 aliphatic carbocycles. The molecule has 3 rings (SSSR count). The molecule has 0 unspecified atom stereocenters. The number of rotatable bonds is 5. The number of carbonyl (C=O) groups is 1. The smallest absolute Gasteiger partial charge is 0.490 e. The van der Waals surface area contributed by atoms with E-state index in [4.69, 9.17) is 14.6 Å². The first-order valence-electron chi connectivity index (χ1n) is 8.31. The van der Waals surface area contributed by atoms with E-state index in [0.29, 0.717) is 0 Å². The van der Waals surface area contributed by atoms with Crippen LogP contribution in [0.3, 0.4) is 0 Å². The van der Waals surface area contributed by atoms with Gasteiger partial charge in [-0.25, -0.2) is 14.3 Å². The number of carboxylic acid groups (broad SMARTS) is 1. The Balaban J connectivity index is 0.000000298. The number of fused-ring (bicyclic) bond motifs is 1. The van der Waals surface area contributed by atoms with Crippen molar-refractivity contribution in [2.75, 3.05) is 26.2 Å². The Morgan fingerprint density at radius 2 is 1.96 bits per heavy atom. The summed E-state index contributed by atoms with van der Waals surface area (Å²) >= 11 is 0. The molecule has 1 saturated heterocycles. The van der Waals surface area contributed by atoms with E-state index in [1.165, 1.54) is 32.4 Å². The molecule has 0 bridgehead atoms. The van der Waals surface area contributed by atoms with Gasteiger partial charge >= 0.3 is 12.1 Å². The predicted molar refractivity (Wildman–Crippen MR) is 87.1 cm³/mol. The lowest BCUT2D eigenvalue weighted by molar-refractivity contribution is -0.192. The number of halogens is 3. The summed E-state index contributed by atoms with van der Waals surface area (Å²) in [6, 6.07) is 1.88. The molecule has 1 fully saturated rings. The van der Waals surface area contributed by atoms with Gasteiger partial charge < -0.3 is 14.7 Å². The first-order chi connectivity index (χ1) is 12.4. The van der Waals surface area contributed by atoms with Gasteiger partial charge in [0.05, 0.1) is 25.2 Å². The number of carboxylic acids is 1. The molecule has 0 radical (unpaired) electrons. The molecule has 7 nitrogen and oxygen atoms in total. The SMILES string of the molecule is O=C(O)C(F)(F)F.c1cc2ncc(OCCCN3CCCCC3)cn2n1. The van der Waals surface area contributed by atoms with Crippen LogP contribution in [0.4, 0.5) is 13.2 Å². The monoisotopic (exact) mass is 374 g/mol.